The van der Waals surface area contributed by atoms with Crippen molar-refractivity contribution in [1.29, 1.82) is 0 Å². The minimum atomic E-state index is -4.98. The van der Waals surface area contributed by atoms with E-state index in [4.69, 9.17) is 27.9 Å². The molecule has 0 saturated carbocycles. The summed E-state index contributed by atoms with van der Waals surface area (Å²) < 4.78 is 40.8. The third-order valence-corrected chi connectivity index (χ3v) is 4.39. The highest BCUT2D eigenvalue weighted by molar-refractivity contribution is 7.86. The Morgan fingerprint density at radius 3 is 2.43 bits per heavy atom. The largest absolute Gasteiger partial charge is 0.487 e. The van der Waals surface area contributed by atoms with Crippen LogP contribution in [0.1, 0.15) is 5.56 Å². The molecule has 0 aliphatic heterocycles. The van der Waals surface area contributed by atoms with Gasteiger partial charge in [-0.3, -0.25) is 10.1 Å². The Morgan fingerprint density at radius 2 is 1.87 bits per heavy atom. The second-order valence-electron chi connectivity index (χ2n) is 4.31. The highest BCUT2D eigenvalue weighted by Gasteiger charge is 2.20. The van der Waals surface area contributed by atoms with Crippen LogP contribution in [0.3, 0.4) is 0 Å². The first-order valence-corrected chi connectivity index (χ1v) is 8.13. The van der Waals surface area contributed by atoms with Crippen molar-refractivity contribution < 1.29 is 22.0 Å². The van der Waals surface area contributed by atoms with E-state index in [1.54, 1.807) is 0 Å². The van der Waals surface area contributed by atoms with Crippen LogP contribution in [0.25, 0.3) is 0 Å². The topological polar surface area (TPSA) is 86.5 Å². The average molecular weight is 380 g/mol. The van der Waals surface area contributed by atoms with Gasteiger partial charge in [-0.25, -0.2) is 0 Å². The normalized spacial score (nSPS) is 11.3. The summed E-state index contributed by atoms with van der Waals surface area (Å²) in [6, 6.07) is 7.22. The number of rotatable bonds is 5. The van der Waals surface area contributed by atoms with Crippen LogP contribution < -0.4 is 4.74 Å². The van der Waals surface area contributed by atoms with Gasteiger partial charge in [-0.2, -0.15) is 8.42 Å². The van der Waals surface area contributed by atoms with Gasteiger partial charge in [0.1, 0.15) is 17.3 Å². The van der Waals surface area contributed by atoms with Crippen molar-refractivity contribution in [3.8, 4) is 5.75 Å². The maximum absolute atomic E-state index is 13.3. The molecule has 2 aromatic rings. The fraction of sp³-hybridized carbons (Fsp3) is 0.0769. The second-order valence-corrected chi connectivity index (χ2v) is 6.44. The Hall–Kier alpha value is -1.90. The van der Waals surface area contributed by atoms with E-state index in [1.807, 2.05) is 0 Å². The van der Waals surface area contributed by atoms with Crippen molar-refractivity contribution in [2.24, 2.45) is 0 Å². The number of ether oxygens (including phenoxy) is 1. The van der Waals surface area contributed by atoms with Crippen LogP contribution in [-0.4, -0.2) is 13.3 Å². The molecular weight excluding hydrogens is 372 g/mol. The molecule has 0 saturated heterocycles. The van der Waals surface area contributed by atoms with E-state index in [0.29, 0.717) is 0 Å². The summed E-state index contributed by atoms with van der Waals surface area (Å²) in [5.41, 5.74) is -0.307. The zero-order valence-corrected chi connectivity index (χ0v) is 13.5. The van der Waals surface area contributed by atoms with E-state index in [0.717, 1.165) is 12.1 Å². The van der Waals surface area contributed by atoms with Crippen molar-refractivity contribution in [3.05, 3.63) is 62.1 Å². The second kappa shape index (κ2) is 6.69. The Bertz CT molecular complexity index is 873. The van der Waals surface area contributed by atoms with Crippen molar-refractivity contribution in [2.75, 3.05) is 0 Å². The molecule has 0 aliphatic carbocycles. The molecule has 23 heavy (non-hydrogen) atoms. The quantitative estimate of drug-likeness (QED) is 0.442. The van der Waals surface area contributed by atoms with Crippen molar-refractivity contribution in [2.45, 2.75) is 11.5 Å². The van der Waals surface area contributed by atoms with Gasteiger partial charge >= 0.3 is 10.2 Å². The Kier molecular flexibility index (Phi) is 5.08. The molecule has 0 fully saturated rings. The average Bonchev–Trinajstić information content (AvgIpc) is 2.45. The molecule has 0 bridgehead atoms. The standard InChI is InChI=1S/C13H8Cl2FNO5S/c14-10-2-1-3-13(23(16,20)21)9(10)7-22-12-5-4-8(17(18)19)6-11(12)15/h1-6H,7H2. The molecule has 10 heteroatoms. The lowest BCUT2D eigenvalue weighted by Gasteiger charge is -2.11. The van der Waals surface area contributed by atoms with Crippen LogP contribution in [0.2, 0.25) is 10.0 Å². The molecule has 0 radical (unpaired) electrons. The maximum atomic E-state index is 13.3. The Balaban J connectivity index is 2.30. The van der Waals surface area contributed by atoms with Crippen molar-refractivity contribution >= 4 is 39.1 Å². The zero-order chi connectivity index (χ0) is 17.2. The van der Waals surface area contributed by atoms with E-state index in [1.165, 1.54) is 24.3 Å². The van der Waals surface area contributed by atoms with Gasteiger partial charge in [-0.15, -0.1) is 3.89 Å². The lowest BCUT2D eigenvalue weighted by atomic mass is 10.2. The van der Waals surface area contributed by atoms with Crippen LogP contribution in [0, 0.1) is 10.1 Å². The number of benzene rings is 2. The molecule has 122 valence electrons. The number of nitro groups is 1. The first kappa shape index (κ1) is 17.5. The molecule has 2 aromatic carbocycles. The summed E-state index contributed by atoms with van der Waals surface area (Å²) in [5, 5.41) is 10.6. The number of non-ortho nitro benzene ring substituents is 1. The van der Waals surface area contributed by atoms with E-state index in [9.17, 15) is 22.4 Å². The van der Waals surface area contributed by atoms with Crippen LogP contribution in [-0.2, 0) is 16.8 Å². The first-order valence-electron chi connectivity index (χ1n) is 5.99. The molecule has 0 heterocycles. The molecule has 6 nitrogen and oxygen atoms in total. The highest BCUT2D eigenvalue weighted by atomic mass is 35.5. The summed E-state index contributed by atoms with van der Waals surface area (Å²) in [5.74, 6) is 0.0689. The minimum Gasteiger partial charge on any atom is -0.487 e. The highest BCUT2D eigenvalue weighted by Crippen LogP contribution is 2.31. The number of hydrogen-bond acceptors (Lipinski definition) is 5. The van der Waals surface area contributed by atoms with Gasteiger partial charge in [0, 0.05) is 22.7 Å². The Morgan fingerprint density at radius 1 is 1.17 bits per heavy atom. The van der Waals surface area contributed by atoms with Crippen LogP contribution in [0.4, 0.5) is 9.57 Å². The lowest BCUT2D eigenvalue weighted by molar-refractivity contribution is -0.384. The van der Waals surface area contributed by atoms with Crippen molar-refractivity contribution in [3.63, 3.8) is 0 Å². The molecule has 0 unspecified atom stereocenters. The van der Waals surface area contributed by atoms with Gasteiger partial charge in [0.05, 0.1) is 9.95 Å². The monoisotopic (exact) mass is 379 g/mol. The molecular formula is C13H8Cl2FNO5S. The van der Waals surface area contributed by atoms with Crippen molar-refractivity contribution in [1.82, 2.24) is 0 Å². The summed E-state index contributed by atoms with van der Waals surface area (Å²) in [6.45, 7) is -0.379. The molecule has 0 amide bonds. The van der Waals surface area contributed by atoms with Gasteiger partial charge in [0.2, 0.25) is 0 Å². The fourth-order valence-corrected chi connectivity index (χ4v) is 3.00. The first-order chi connectivity index (χ1) is 10.7. The van der Waals surface area contributed by atoms with Gasteiger partial charge in [0.15, 0.2) is 0 Å². The lowest BCUT2D eigenvalue weighted by Crippen LogP contribution is -2.04. The molecule has 0 aliphatic rings. The summed E-state index contributed by atoms with van der Waals surface area (Å²) in [4.78, 5) is 9.39. The fourth-order valence-electron chi connectivity index (χ4n) is 1.78. The SMILES string of the molecule is O=[N+]([O-])c1ccc(OCc2c(Cl)cccc2S(=O)(=O)F)c(Cl)c1. The predicted molar refractivity (Wildman–Crippen MR) is 82.2 cm³/mol. The molecule has 0 N–H and O–H groups in total. The van der Waals surface area contributed by atoms with Crippen LogP contribution in [0.5, 0.6) is 5.75 Å². The van der Waals surface area contributed by atoms with Crippen LogP contribution >= 0.6 is 23.2 Å². The smallest absolute Gasteiger partial charge is 0.332 e. The third kappa shape index (κ3) is 4.10. The number of nitro benzene ring substituents is 1. The van der Waals surface area contributed by atoms with Gasteiger partial charge in [-0.05, 0) is 18.2 Å². The molecule has 2 rings (SSSR count). The van der Waals surface area contributed by atoms with E-state index >= 15 is 0 Å². The van der Waals surface area contributed by atoms with Crippen LogP contribution in [0.15, 0.2) is 41.3 Å². The summed E-state index contributed by atoms with van der Waals surface area (Å²) >= 11 is 11.7. The molecule has 0 aromatic heterocycles. The third-order valence-electron chi connectivity index (χ3n) is 2.84. The number of halogens is 3. The molecule has 0 spiro atoms. The van der Waals surface area contributed by atoms with E-state index in [-0.39, 0.29) is 33.7 Å². The van der Waals surface area contributed by atoms with E-state index in [2.05, 4.69) is 0 Å². The maximum Gasteiger partial charge on any atom is 0.332 e. The van der Waals surface area contributed by atoms with Gasteiger partial charge < -0.3 is 4.74 Å². The summed E-state index contributed by atoms with van der Waals surface area (Å²) in [6.07, 6.45) is 0. The minimum absolute atomic E-state index is 0.00163. The number of hydrogen-bond donors (Lipinski definition) is 0. The van der Waals surface area contributed by atoms with Gasteiger partial charge in [-0.1, -0.05) is 29.3 Å². The zero-order valence-electron chi connectivity index (χ0n) is 11.2. The molecule has 0 atom stereocenters. The van der Waals surface area contributed by atoms with Gasteiger partial charge in [0.25, 0.3) is 5.69 Å². The summed E-state index contributed by atoms with van der Waals surface area (Å²) in [7, 11) is -4.98. The van der Waals surface area contributed by atoms with E-state index < -0.39 is 20.0 Å². The number of nitrogens with zero attached hydrogens (tertiary/aromatic N) is 1. The predicted octanol–water partition coefficient (Wildman–Crippen LogP) is 4.14. The Labute approximate surface area is 140 Å².